The Morgan fingerprint density at radius 3 is 2.62 bits per heavy atom. The summed E-state index contributed by atoms with van der Waals surface area (Å²) in [4.78, 5) is 4.13. The number of phenols is 1. The van der Waals surface area contributed by atoms with Crippen LogP contribution in [0.5, 0.6) is 11.5 Å². The molecule has 0 aliphatic carbocycles. The number of phenolic OH excluding ortho intramolecular Hbond substituents is 1. The largest absolute Gasteiger partial charge is 0.507 e. The van der Waals surface area contributed by atoms with E-state index in [-0.39, 0.29) is 5.75 Å². The van der Waals surface area contributed by atoms with Crippen LogP contribution in [0.4, 0.5) is 0 Å². The average Bonchev–Trinajstić information content (AvgIpc) is 3.16. The van der Waals surface area contributed by atoms with Crippen molar-refractivity contribution in [3.05, 3.63) is 41.1 Å². The quantitative estimate of drug-likeness (QED) is 0.693. The first-order valence-electron chi connectivity index (χ1n) is 7.73. The maximum atomic E-state index is 10.4. The molecule has 7 nitrogen and oxygen atoms in total. The maximum absolute atomic E-state index is 10.4. The van der Waals surface area contributed by atoms with Crippen LogP contribution >= 0.6 is 0 Å². The lowest BCUT2D eigenvalue weighted by atomic mass is 10.1. The van der Waals surface area contributed by atoms with Crippen LogP contribution in [0.2, 0.25) is 0 Å². The molecular weight excluding hydrogens is 310 g/mol. The minimum absolute atomic E-state index is 0.0964. The molecule has 0 saturated heterocycles. The van der Waals surface area contributed by atoms with E-state index in [2.05, 4.69) is 15.3 Å². The molecule has 0 saturated carbocycles. The van der Waals surface area contributed by atoms with Crippen molar-refractivity contribution in [3.63, 3.8) is 0 Å². The normalized spacial score (nSPS) is 11.0. The van der Waals surface area contributed by atoms with Crippen molar-refractivity contribution in [1.29, 1.82) is 0 Å². The van der Waals surface area contributed by atoms with Gasteiger partial charge in [0.05, 0.1) is 17.9 Å². The maximum Gasteiger partial charge on any atom is 0.223 e. The number of hydrogen-bond donors (Lipinski definition) is 1. The van der Waals surface area contributed by atoms with E-state index in [0.29, 0.717) is 35.2 Å². The first-order valence-corrected chi connectivity index (χ1v) is 7.73. The molecule has 7 heteroatoms. The van der Waals surface area contributed by atoms with Crippen LogP contribution in [-0.4, -0.2) is 27.0 Å². The summed E-state index contributed by atoms with van der Waals surface area (Å²) >= 11 is 0. The minimum atomic E-state index is 0.0964. The summed E-state index contributed by atoms with van der Waals surface area (Å²) in [5, 5.41) is 18.0. The molecule has 3 aromatic rings. The fourth-order valence-electron chi connectivity index (χ4n) is 2.39. The number of nitrogens with zero attached hydrogens (tertiary/aromatic N) is 3. The highest BCUT2D eigenvalue weighted by Gasteiger charge is 2.15. The third-order valence-electron chi connectivity index (χ3n) is 3.65. The second kappa shape index (κ2) is 6.74. The lowest BCUT2D eigenvalue weighted by Gasteiger charge is -2.11. The van der Waals surface area contributed by atoms with E-state index in [1.807, 2.05) is 13.0 Å². The van der Waals surface area contributed by atoms with Crippen molar-refractivity contribution in [1.82, 2.24) is 15.3 Å². The summed E-state index contributed by atoms with van der Waals surface area (Å²) < 4.78 is 15.9. The predicted molar refractivity (Wildman–Crippen MR) is 85.9 cm³/mol. The molecule has 3 rings (SSSR count). The minimum Gasteiger partial charge on any atom is -0.507 e. The second-order valence-electron chi connectivity index (χ2n) is 5.61. The molecule has 1 aromatic carbocycles. The Labute approximate surface area is 139 Å². The monoisotopic (exact) mass is 329 g/mol. The van der Waals surface area contributed by atoms with Gasteiger partial charge in [-0.3, -0.25) is 0 Å². The lowest BCUT2D eigenvalue weighted by Crippen LogP contribution is -2.01. The number of rotatable bonds is 6. The zero-order valence-corrected chi connectivity index (χ0v) is 13.9. The van der Waals surface area contributed by atoms with Gasteiger partial charge in [-0.1, -0.05) is 10.3 Å². The summed E-state index contributed by atoms with van der Waals surface area (Å²) in [5.41, 5.74) is 2.04. The van der Waals surface area contributed by atoms with Gasteiger partial charge in [0.1, 0.15) is 17.3 Å². The third kappa shape index (κ3) is 3.40. The molecule has 126 valence electrons. The van der Waals surface area contributed by atoms with Gasteiger partial charge >= 0.3 is 0 Å². The highest BCUT2D eigenvalue weighted by Crippen LogP contribution is 2.35. The Kier molecular flexibility index (Phi) is 4.50. The van der Waals surface area contributed by atoms with Gasteiger partial charge in [-0.15, -0.1) is 0 Å². The van der Waals surface area contributed by atoms with Crippen molar-refractivity contribution in [2.45, 2.75) is 33.6 Å². The zero-order valence-electron chi connectivity index (χ0n) is 13.9. The Bertz CT molecular complexity index is 838. The summed E-state index contributed by atoms with van der Waals surface area (Å²) in [5.74, 6) is 2.38. The molecular formula is C17H19N3O4. The molecule has 0 bridgehead atoms. The van der Waals surface area contributed by atoms with Crippen molar-refractivity contribution in [2.24, 2.45) is 0 Å². The Hall–Kier alpha value is -2.83. The summed E-state index contributed by atoms with van der Waals surface area (Å²) in [6, 6.07) is 5.44. The average molecular weight is 329 g/mol. The molecule has 2 aromatic heterocycles. The molecule has 2 heterocycles. The van der Waals surface area contributed by atoms with E-state index in [9.17, 15) is 5.11 Å². The number of hydrogen-bond acceptors (Lipinski definition) is 7. The fourth-order valence-corrected chi connectivity index (χ4v) is 2.39. The van der Waals surface area contributed by atoms with E-state index in [4.69, 9.17) is 13.8 Å². The van der Waals surface area contributed by atoms with Crippen LogP contribution in [0, 0.1) is 20.8 Å². The molecule has 0 fully saturated rings. The molecule has 0 aliphatic heterocycles. The van der Waals surface area contributed by atoms with E-state index in [0.717, 1.165) is 24.3 Å². The van der Waals surface area contributed by atoms with Crippen molar-refractivity contribution in [3.8, 4) is 22.9 Å². The number of aromatic nitrogens is 3. The summed E-state index contributed by atoms with van der Waals surface area (Å²) in [6.07, 6.45) is 1.55. The first-order chi connectivity index (χ1) is 11.5. The summed E-state index contributed by atoms with van der Waals surface area (Å²) in [7, 11) is 0. The molecule has 24 heavy (non-hydrogen) atoms. The molecule has 0 amide bonds. The SMILES string of the molecule is Cc1cc(CCCOc2ccc(-c3noc(C)n3)c(O)c2C)on1. The van der Waals surface area contributed by atoms with Gasteiger partial charge < -0.3 is 18.9 Å². The molecule has 0 spiro atoms. The molecule has 0 atom stereocenters. The number of aromatic hydroxyl groups is 1. The van der Waals surface area contributed by atoms with E-state index >= 15 is 0 Å². The molecule has 0 aliphatic rings. The van der Waals surface area contributed by atoms with Crippen molar-refractivity contribution in [2.75, 3.05) is 6.61 Å². The zero-order chi connectivity index (χ0) is 17.1. The van der Waals surface area contributed by atoms with Gasteiger partial charge in [-0.05, 0) is 32.4 Å². The highest BCUT2D eigenvalue weighted by atomic mass is 16.5. The van der Waals surface area contributed by atoms with Gasteiger partial charge in [0.2, 0.25) is 11.7 Å². The van der Waals surface area contributed by atoms with Crippen LogP contribution in [0.15, 0.2) is 27.2 Å². The van der Waals surface area contributed by atoms with Gasteiger partial charge in [0, 0.05) is 25.0 Å². The third-order valence-corrected chi connectivity index (χ3v) is 3.65. The van der Waals surface area contributed by atoms with Crippen LogP contribution in [0.1, 0.15) is 29.3 Å². The number of ether oxygens (including phenoxy) is 1. The van der Waals surface area contributed by atoms with Crippen molar-refractivity contribution < 1.29 is 18.9 Å². The Morgan fingerprint density at radius 1 is 1.12 bits per heavy atom. The van der Waals surface area contributed by atoms with Crippen LogP contribution in [0.3, 0.4) is 0 Å². The topological polar surface area (TPSA) is 94.4 Å². The van der Waals surface area contributed by atoms with Crippen molar-refractivity contribution >= 4 is 0 Å². The van der Waals surface area contributed by atoms with Gasteiger partial charge in [-0.2, -0.15) is 4.98 Å². The van der Waals surface area contributed by atoms with E-state index < -0.39 is 0 Å². The van der Waals surface area contributed by atoms with Gasteiger partial charge in [-0.25, -0.2) is 0 Å². The van der Waals surface area contributed by atoms with Gasteiger partial charge in [0.25, 0.3) is 0 Å². The standard InChI is InChI=1S/C17H19N3O4/c1-10-9-13(24-19-10)5-4-8-22-15-7-6-14(16(21)11(15)2)17-18-12(3)23-20-17/h6-7,9,21H,4-5,8H2,1-3H3. The Balaban J connectivity index is 1.63. The van der Waals surface area contributed by atoms with Crippen LogP contribution < -0.4 is 4.74 Å². The summed E-state index contributed by atoms with van der Waals surface area (Å²) in [6.45, 7) is 5.90. The first kappa shape index (κ1) is 16.0. The molecule has 0 radical (unpaired) electrons. The lowest BCUT2D eigenvalue weighted by molar-refractivity contribution is 0.296. The van der Waals surface area contributed by atoms with Gasteiger partial charge in [0.15, 0.2) is 0 Å². The molecule has 1 N–H and O–H groups in total. The Morgan fingerprint density at radius 2 is 1.96 bits per heavy atom. The predicted octanol–water partition coefficient (Wildman–Crippen LogP) is 3.37. The van der Waals surface area contributed by atoms with Crippen LogP contribution in [-0.2, 0) is 6.42 Å². The van der Waals surface area contributed by atoms with Crippen LogP contribution in [0.25, 0.3) is 11.4 Å². The fraction of sp³-hybridized carbons (Fsp3) is 0.353. The smallest absolute Gasteiger partial charge is 0.223 e. The number of aryl methyl sites for hydroxylation is 3. The highest BCUT2D eigenvalue weighted by molar-refractivity contribution is 5.68. The second-order valence-corrected chi connectivity index (χ2v) is 5.61. The van der Waals surface area contributed by atoms with E-state index in [1.165, 1.54) is 0 Å². The van der Waals surface area contributed by atoms with E-state index in [1.54, 1.807) is 26.0 Å². The molecule has 0 unspecified atom stereocenters. The number of benzene rings is 1.